The van der Waals surface area contributed by atoms with Crippen LogP contribution in [0.4, 0.5) is 4.79 Å². The van der Waals surface area contributed by atoms with Gasteiger partial charge in [0, 0.05) is 11.9 Å². The summed E-state index contributed by atoms with van der Waals surface area (Å²) >= 11 is 5.81. The SMILES string of the molecule is CC1(CCl)CC(NC(=O)OC(C)(C)C)C1. The van der Waals surface area contributed by atoms with E-state index in [4.69, 9.17) is 16.3 Å². The van der Waals surface area contributed by atoms with Crippen molar-refractivity contribution in [1.82, 2.24) is 5.32 Å². The molecule has 0 radical (unpaired) electrons. The number of alkyl carbamates (subject to hydrolysis) is 1. The van der Waals surface area contributed by atoms with Gasteiger partial charge in [0.1, 0.15) is 5.60 Å². The van der Waals surface area contributed by atoms with E-state index >= 15 is 0 Å². The third-order valence-corrected chi connectivity index (χ3v) is 3.17. The first-order chi connectivity index (χ1) is 6.74. The topological polar surface area (TPSA) is 38.3 Å². The number of ether oxygens (including phenoxy) is 1. The van der Waals surface area contributed by atoms with Crippen molar-refractivity contribution in [2.75, 3.05) is 5.88 Å². The van der Waals surface area contributed by atoms with Gasteiger partial charge >= 0.3 is 6.09 Å². The van der Waals surface area contributed by atoms with Gasteiger partial charge in [0.25, 0.3) is 0 Å². The average Bonchev–Trinajstić information content (AvgIpc) is 1.97. The lowest BCUT2D eigenvalue weighted by molar-refractivity contribution is 0.0395. The first-order valence-corrected chi connectivity index (χ1v) is 5.83. The van der Waals surface area contributed by atoms with Crippen LogP contribution < -0.4 is 5.32 Å². The van der Waals surface area contributed by atoms with Crippen molar-refractivity contribution in [3.05, 3.63) is 0 Å². The van der Waals surface area contributed by atoms with Gasteiger partial charge in [-0.05, 0) is 39.0 Å². The number of hydrogen-bond acceptors (Lipinski definition) is 2. The van der Waals surface area contributed by atoms with Crippen LogP contribution in [-0.4, -0.2) is 23.6 Å². The van der Waals surface area contributed by atoms with Crippen molar-refractivity contribution >= 4 is 17.7 Å². The van der Waals surface area contributed by atoms with Crippen molar-refractivity contribution in [3.8, 4) is 0 Å². The van der Waals surface area contributed by atoms with Gasteiger partial charge in [-0.15, -0.1) is 11.6 Å². The Hall–Kier alpha value is -0.440. The van der Waals surface area contributed by atoms with Gasteiger partial charge in [0.15, 0.2) is 0 Å². The van der Waals surface area contributed by atoms with Crippen LogP contribution in [0.25, 0.3) is 0 Å². The second-order valence-corrected chi connectivity index (χ2v) is 5.96. The summed E-state index contributed by atoms with van der Waals surface area (Å²) in [6, 6.07) is 0.226. The van der Waals surface area contributed by atoms with Gasteiger partial charge in [-0.25, -0.2) is 4.79 Å². The zero-order valence-corrected chi connectivity index (χ0v) is 10.6. The fraction of sp³-hybridized carbons (Fsp3) is 0.909. The van der Waals surface area contributed by atoms with Crippen LogP contribution in [-0.2, 0) is 4.74 Å². The highest BCUT2D eigenvalue weighted by Gasteiger charge is 2.40. The van der Waals surface area contributed by atoms with Gasteiger partial charge in [-0.1, -0.05) is 6.92 Å². The highest BCUT2D eigenvalue weighted by atomic mass is 35.5. The first kappa shape index (κ1) is 12.6. The number of rotatable bonds is 2. The summed E-state index contributed by atoms with van der Waals surface area (Å²) in [5.74, 6) is 0.652. The molecule has 1 rings (SSSR count). The molecule has 1 amide bonds. The van der Waals surface area contributed by atoms with E-state index in [0.29, 0.717) is 5.88 Å². The Morgan fingerprint density at radius 3 is 2.47 bits per heavy atom. The van der Waals surface area contributed by atoms with E-state index < -0.39 is 5.60 Å². The van der Waals surface area contributed by atoms with Crippen LogP contribution in [0.3, 0.4) is 0 Å². The lowest BCUT2D eigenvalue weighted by Gasteiger charge is -2.44. The number of nitrogens with one attached hydrogen (secondary N) is 1. The maximum atomic E-state index is 11.4. The Morgan fingerprint density at radius 1 is 1.53 bits per heavy atom. The third kappa shape index (κ3) is 3.90. The predicted octanol–water partition coefficient (Wildman–Crippen LogP) is 2.92. The molecule has 1 aliphatic carbocycles. The van der Waals surface area contributed by atoms with E-state index in [-0.39, 0.29) is 17.6 Å². The quantitative estimate of drug-likeness (QED) is 0.745. The minimum absolute atomic E-state index is 0.196. The van der Waals surface area contributed by atoms with Gasteiger partial charge in [0.05, 0.1) is 0 Å². The summed E-state index contributed by atoms with van der Waals surface area (Å²) in [5.41, 5.74) is -0.231. The minimum atomic E-state index is -0.427. The summed E-state index contributed by atoms with van der Waals surface area (Å²) < 4.78 is 5.16. The Balaban J connectivity index is 2.25. The number of halogens is 1. The average molecular weight is 234 g/mol. The molecule has 0 aromatic carbocycles. The van der Waals surface area contributed by atoms with Crippen LogP contribution in [0.2, 0.25) is 0 Å². The van der Waals surface area contributed by atoms with E-state index in [1.54, 1.807) is 0 Å². The van der Waals surface area contributed by atoms with Gasteiger partial charge in [0.2, 0.25) is 0 Å². The Morgan fingerprint density at radius 2 is 2.07 bits per heavy atom. The molecule has 0 unspecified atom stereocenters. The molecule has 0 aliphatic heterocycles. The molecular formula is C11H20ClNO2. The third-order valence-electron chi connectivity index (χ3n) is 2.52. The van der Waals surface area contributed by atoms with Crippen LogP contribution in [0.1, 0.15) is 40.5 Å². The van der Waals surface area contributed by atoms with E-state index in [1.807, 2.05) is 20.8 Å². The summed E-state index contributed by atoms with van der Waals surface area (Å²) in [5, 5.41) is 2.84. The summed E-state index contributed by atoms with van der Waals surface area (Å²) in [6.45, 7) is 7.70. The maximum absolute atomic E-state index is 11.4. The van der Waals surface area contributed by atoms with E-state index in [0.717, 1.165) is 12.8 Å². The van der Waals surface area contributed by atoms with Crippen molar-refractivity contribution in [3.63, 3.8) is 0 Å². The second-order valence-electron chi connectivity index (χ2n) is 5.70. The molecule has 88 valence electrons. The molecule has 0 saturated heterocycles. The first-order valence-electron chi connectivity index (χ1n) is 5.30. The van der Waals surface area contributed by atoms with Crippen molar-refractivity contribution in [1.29, 1.82) is 0 Å². The minimum Gasteiger partial charge on any atom is -0.444 e. The molecule has 4 heteroatoms. The van der Waals surface area contributed by atoms with Crippen molar-refractivity contribution < 1.29 is 9.53 Å². The van der Waals surface area contributed by atoms with E-state index in [9.17, 15) is 4.79 Å². The number of carbonyl (C=O) groups is 1. The molecule has 0 atom stereocenters. The van der Waals surface area contributed by atoms with Gasteiger partial charge in [-0.2, -0.15) is 0 Å². The molecule has 0 aromatic heterocycles. The van der Waals surface area contributed by atoms with Crippen LogP contribution >= 0.6 is 11.6 Å². The molecule has 0 heterocycles. The summed E-state index contributed by atoms with van der Waals surface area (Å²) in [4.78, 5) is 11.4. The highest BCUT2D eigenvalue weighted by molar-refractivity contribution is 6.18. The molecule has 0 bridgehead atoms. The molecule has 3 nitrogen and oxygen atoms in total. The van der Waals surface area contributed by atoms with E-state index in [2.05, 4.69) is 12.2 Å². The van der Waals surface area contributed by atoms with Crippen LogP contribution in [0.15, 0.2) is 0 Å². The molecule has 1 fully saturated rings. The number of alkyl halides is 1. The van der Waals surface area contributed by atoms with Crippen molar-refractivity contribution in [2.24, 2.45) is 5.41 Å². The van der Waals surface area contributed by atoms with Crippen LogP contribution in [0.5, 0.6) is 0 Å². The summed E-state index contributed by atoms with van der Waals surface area (Å²) in [6.07, 6.45) is 1.55. The second kappa shape index (κ2) is 4.20. The molecule has 15 heavy (non-hydrogen) atoms. The molecule has 1 N–H and O–H groups in total. The van der Waals surface area contributed by atoms with E-state index in [1.165, 1.54) is 0 Å². The highest BCUT2D eigenvalue weighted by Crippen LogP contribution is 2.41. The zero-order valence-electron chi connectivity index (χ0n) is 9.89. The Kier molecular flexibility index (Phi) is 3.54. The number of hydrogen-bond donors (Lipinski definition) is 1. The van der Waals surface area contributed by atoms with Gasteiger partial charge < -0.3 is 10.1 Å². The smallest absolute Gasteiger partial charge is 0.407 e. The lowest BCUT2D eigenvalue weighted by Crippen LogP contribution is -2.51. The maximum Gasteiger partial charge on any atom is 0.407 e. The van der Waals surface area contributed by atoms with Gasteiger partial charge in [-0.3, -0.25) is 0 Å². The predicted molar refractivity (Wildman–Crippen MR) is 61.2 cm³/mol. The fourth-order valence-corrected chi connectivity index (χ4v) is 2.03. The standard InChI is InChI=1S/C11H20ClNO2/c1-10(2,3)15-9(14)13-8-5-11(4,6-8)7-12/h8H,5-7H2,1-4H3,(H,13,14). The molecule has 1 saturated carbocycles. The Bertz CT molecular complexity index is 241. The van der Waals surface area contributed by atoms with Crippen molar-refractivity contribution in [2.45, 2.75) is 52.2 Å². The zero-order chi connectivity index (χ0) is 11.7. The number of carbonyl (C=O) groups excluding carboxylic acids is 1. The Labute approximate surface area is 96.5 Å². The fourth-order valence-electron chi connectivity index (χ4n) is 1.82. The molecular weight excluding hydrogens is 214 g/mol. The lowest BCUT2D eigenvalue weighted by atomic mass is 9.68. The largest absolute Gasteiger partial charge is 0.444 e. The molecule has 1 aliphatic rings. The monoisotopic (exact) mass is 233 g/mol. The normalized spacial score (nSPS) is 30.6. The summed E-state index contributed by atoms with van der Waals surface area (Å²) in [7, 11) is 0. The number of amides is 1. The molecule has 0 aromatic rings. The molecule has 0 spiro atoms. The van der Waals surface area contributed by atoms with Crippen LogP contribution in [0, 0.1) is 5.41 Å².